The predicted molar refractivity (Wildman–Crippen MR) is 242 cm³/mol. The third-order valence-electron chi connectivity index (χ3n) is 10.6. The second-order valence-corrected chi connectivity index (χ2v) is 21.4. The summed E-state index contributed by atoms with van der Waals surface area (Å²) in [6.45, 7) is 13.8. The Kier molecular flexibility index (Phi) is 10.7. The maximum absolute atomic E-state index is 7.82. The quantitative estimate of drug-likeness (QED) is 0.118. The van der Waals surface area contributed by atoms with Crippen molar-refractivity contribution < 1.29 is 28.6 Å². The number of benzene rings is 6. The van der Waals surface area contributed by atoms with Crippen LogP contribution in [0.15, 0.2) is 144 Å². The van der Waals surface area contributed by atoms with Crippen molar-refractivity contribution in [2.24, 2.45) is 0 Å². The topological polar surface area (TPSA) is 43.9 Å². The molecule has 0 bridgehead atoms. The van der Waals surface area contributed by atoms with Gasteiger partial charge in [-0.25, -0.2) is 0 Å². The zero-order chi connectivity index (χ0) is 42.3. The SMILES string of the molecule is C[Si](C)(C)c1ccc(-c2[c-]cccc2)nc1.[2H]C([2H])([2H])c1ccc2c(c1)oc1c[c-]c(-c3nc4ccccc4n3-c3c(C(C)C)cc(-c4ccccc4)cc3C(C)C)cc12.[Ir]. The number of aromatic nitrogens is 3. The summed E-state index contributed by atoms with van der Waals surface area (Å²) >= 11 is 0. The van der Waals surface area contributed by atoms with E-state index < -0.39 is 14.9 Å². The standard InChI is InChI=1S/C38H33N2O.C14H16NSi.Ir/c1-23(2)30-21-28(26-11-7-6-8-12-26)22-31(24(3)4)37(30)40-34-14-10-9-13-33(34)39-38(40)27-16-18-35-32(20-27)29-17-15-25(5)19-36(29)41-35;1-16(2,3)13-9-10-14(15-11-13)12-7-5-4-6-8-12;/h6-15,17-24H,1-5H3;4-7,9-11H,1-3H3;/q2*-1;/i5D3;;. The van der Waals surface area contributed by atoms with E-state index in [1.165, 1.54) is 27.4 Å². The van der Waals surface area contributed by atoms with Gasteiger partial charge in [-0.1, -0.05) is 119 Å². The Morgan fingerprint density at radius 3 is 2.07 bits per heavy atom. The van der Waals surface area contributed by atoms with Crippen LogP contribution in [0.3, 0.4) is 0 Å². The normalized spacial score (nSPS) is 12.6. The first-order valence-corrected chi connectivity index (χ1v) is 23.2. The maximum atomic E-state index is 7.82. The van der Waals surface area contributed by atoms with E-state index in [4.69, 9.17) is 13.5 Å². The fourth-order valence-electron chi connectivity index (χ4n) is 7.45. The number of para-hydroxylation sites is 2. The van der Waals surface area contributed by atoms with Crippen LogP contribution in [0.1, 0.15) is 60.3 Å². The van der Waals surface area contributed by atoms with E-state index in [0.717, 1.165) is 50.1 Å². The maximum Gasteiger partial charge on any atom is 0.121 e. The Labute approximate surface area is 361 Å². The summed E-state index contributed by atoms with van der Waals surface area (Å²) in [6, 6.07) is 51.4. The van der Waals surface area contributed by atoms with Gasteiger partial charge < -0.3 is 14.0 Å². The molecule has 9 aromatic rings. The molecule has 0 aliphatic rings. The van der Waals surface area contributed by atoms with Gasteiger partial charge in [-0.3, -0.25) is 4.98 Å². The second kappa shape index (κ2) is 16.8. The molecule has 0 fully saturated rings. The van der Waals surface area contributed by atoms with Gasteiger partial charge in [0.05, 0.1) is 30.5 Å². The summed E-state index contributed by atoms with van der Waals surface area (Å²) in [5, 5.41) is 3.16. The van der Waals surface area contributed by atoms with Crippen LogP contribution in [0.2, 0.25) is 19.6 Å². The largest absolute Gasteiger partial charge is 0.500 e. The summed E-state index contributed by atoms with van der Waals surface area (Å²) < 4.78 is 31.9. The molecule has 0 amide bonds. The van der Waals surface area contributed by atoms with Gasteiger partial charge in [0.25, 0.3) is 0 Å². The summed E-state index contributed by atoms with van der Waals surface area (Å²) in [5.41, 5.74) is 12.4. The van der Waals surface area contributed by atoms with Gasteiger partial charge >= 0.3 is 0 Å². The smallest absolute Gasteiger partial charge is 0.121 e. The monoisotopic (exact) mass is 955 g/mol. The van der Waals surface area contributed by atoms with E-state index in [-0.39, 0.29) is 37.5 Å². The zero-order valence-electron chi connectivity index (χ0n) is 37.0. The number of hydrogen-bond donors (Lipinski definition) is 0. The van der Waals surface area contributed by atoms with Gasteiger partial charge in [-0.2, -0.15) is 0 Å². The van der Waals surface area contributed by atoms with E-state index in [1.54, 1.807) is 12.1 Å². The van der Waals surface area contributed by atoms with Crippen molar-refractivity contribution in [3.63, 3.8) is 0 Å². The minimum absolute atomic E-state index is 0. The number of imidazole rings is 1. The van der Waals surface area contributed by atoms with Crippen molar-refractivity contribution in [3.05, 3.63) is 168 Å². The molecule has 0 unspecified atom stereocenters. The van der Waals surface area contributed by atoms with Crippen LogP contribution in [-0.2, 0) is 20.1 Å². The first kappa shape index (κ1) is 36.9. The molecule has 6 aromatic carbocycles. The summed E-state index contributed by atoms with van der Waals surface area (Å²) in [5.74, 6) is 1.33. The molecule has 3 aromatic heterocycles. The van der Waals surface area contributed by atoms with Crippen LogP contribution in [-0.4, -0.2) is 22.6 Å². The van der Waals surface area contributed by atoms with Crippen molar-refractivity contribution in [3.8, 4) is 39.5 Å². The van der Waals surface area contributed by atoms with E-state index in [2.05, 4.69) is 148 Å². The van der Waals surface area contributed by atoms with Crippen LogP contribution in [0, 0.1) is 19.0 Å². The molecule has 0 N–H and O–H groups in total. The average molecular weight is 955 g/mol. The molecule has 0 aliphatic carbocycles. The molecule has 58 heavy (non-hydrogen) atoms. The van der Waals surface area contributed by atoms with Crippen molar-refractivity contribution in [1.29, 1.82) is 0 Å². The van der Waals surface area contributed by atoms with Crippen LogP contribution < -0.4 is 5.19 Å². The van der Waals surface area contributed by atoms with E-state index in [0.29, 0.717) is 11.2 Å². The Hall–Kier alpha value is -5.39. The van der Waals surface area contributed by atoms with Crippen molar-refractivity contribution >= 4 is 46.2 Å². The number of pyridine rings is 1. The number of aryl methyl sites for hydroxylation is 1. The molecule has 9 rings (SSSR count). The number of rotatable bonds is 7. The van der Waals surface area contributed by atoms with Gasteiger partial charge in [0.2, 0.25) is 0 Å². The number of fused-ring (bicyclic) bond motifs is 4. The first-order valence-electron chi connectivity index (χ1n) is 21.2. The van der Waals surface area contributed by atoms with Gasteiger partial charge in [0.15, 0.2) is 0 Å². The molecule has 1 radical (unpaired) electrons. The Morgan fingerprint density at radius 2 is 1.41 bits per heavy atom. The number of hydrogen-bond acceptors (Lipinski definition) is 3. The van der Waals surface area contributed by atoms with E-state index >= 15 is 0 Å². The van der Waals surface area contributed by atoms with Gasteiger partial charge in [-0.15, -0.1) is 59.7 Å². The molecule has 6 heteroatoms. The number of nitrogens with zero attached hydrogens (tertiary/aromatic N) is 3. The van der Waals surface area contributed by atoms with Crippen molar-refractivity contribution in [2.45, 2.75) is 66.0 Å². The Morgan fingerprint density at radius 1 is 0.690 bits per heavy atom. The van der Waals surface area contributed by atoms with Crippen molar-refractivity contribution in [1.82, 2.24) is 14.5 Å². The Bertz CT molecular complexity index is 2920. The van der Waals surface area contributed by atoms with E-state index in [1.807, 2.05) is 48.7 Å². The predicted octanol–water partition coefficient (Wildman–Crippen LogP) is 13.7. The van der Waals surface area contributed by atoms with Crippen molar-refractivity contribution in [2.75, 3.05) is 0 Å². The first-order chi connectivity index (χ1) is 28.7. The number of furan rings is 1. The fourth-order valence-corrected chi connectivity index (χ4v) is 8.48. The molecule has 4 nitrogen and oxygen atoms in total. The fraction of sp³-hybridized carbons (Fsp3) is 0.192. The second-order valence-electron chi connectivity index (χ2n) is 16.3. The zero-order valence-corrected chi connectivity index (χ0v) is 37.4. The summed E-state index contributed by atoms with van der Waals surface area (Å²) in [7, 11) is -1.23. The summed E-state index contributed by atoms with van der Waals surface area (Å²) in [4.78, 5) is 9.70. The van der Waals surface area contributed by atoms with Gasteiger partial charge in [0.1, 0.15) is 5.58 Å². The minimum Gasteiger partial charge on any atom is -0.500 e. The molecule has 0 spiro atoms. The molecule has 3 heterocycles. The van der Waals surface area contributed by atoms with Gasteiger partial charge in [-0.05, 0) is 87.7 Å². The molecule has 0 saturated carbocycles. The van der Waals surface area contributed by atoms with Gasteiger partial charge in [0, 0.05) is 41.5 Å². The molecule has 0 atom stereocenters. The van der Waals surface area contributed by atoms with E-state index in [9.17, 15) is 0 Å². The average Bonchev–Trinajstić information content (AvgIpc) is 3.81. The molecule has 0 saturated heterocycles. The minimum atomic E-state index is -2.20. The molecule has 0 aliphatic heterocycles. The molecular weight excluding hydrogens is 903 g/mol. The van der Waals surface area contributed by atoms with Crippen LogP contribution in [0.5, 0.6) is 0 Å². The molecule has 293 valence electrons. The summed E-state index contributed by atoms with van der Waals surface area (Å²) in [6.07, 6.45) is 2.02. The Balaban J connectivity index is 0.000000278. The van der Waals surface area contributed by atoms with Crippen LogP contribution in [0.4, 0.5) is 0 Å². The molecular formula is C52H49IrN3OSi-2. The van der Waals surface area contributed by atoms with Crippen LogP contribution in [0.25, 0.3) is 72.4 Å². The van der Waals surface area contributed by atoms with Crippen LogP contribution >= 0.6 is 0 Å². The third kappa shape index (κ3) is 8.15. The third-order valence-corrected chi connectivity index (χ3v) is 12.6.